The van der Waals surface area contributed by atoms with Crippen LogP contribution in [0.4, 0.5) is 19.2 Å². The number of ether oxygens (including phenoxy) is 5. The van der Waals surface area contributed by atoms with Crippen LogP contribution in [0.5, 0.6) is 11.5 Å². The largest absolute Gasteiger partial charge is 0.412 e. The number of benzene rings is 2. The summed E-state index contributed by atoms with van der Waals surface area (Å²) in [6, 6.07) is 10.8. The summed E-state index contributed by atoms with van der Waals surface area (Å²) in [5, 5.41) is 10.7. The van der Waals surface area contributed by atoms with E-state index in [9.17, 15) is 38.4 Å². The summed E-state index contributed by atoms with van der Waals surface area (Å²) in [4.78, 5) is 103. The summed E-state index contributed by atoms with van der Waals surface area (Å²) in [5.41, 5.74) is 1.42. The molecule has 2 aromatic rings. The number of urea groups is 2. The van der Waals surface area contributed by atoms with E-state index in [4.69, 9.17) is 23.7 Å². The first kappa shape index (κ1) is 49.3. The molecule has 0 aromatic heterocycles. The highest BCUT2D eigenvalue weighted by Gasteiger charge is 2.37. The molecule has 0 spiro atoms. The maximum atomic E-state index is 12.6. The van der Waals surface area contributed by atoms with Crippen molar-refractivity contribution in [2.45, 2.75) is 52.6 Å². The molecule has 2 saturated heterocycles. The zero-order valence-corrected chi connectivity index (χ0v) is 36.2. The summed E-state index contributed by atoms with van der Waals surface area (Å²) < 4.78 is 27.2. The van der Waals surface area contributed by atoms with E-state index >= 15 is 0 Å². The van der Waals surface area contributed by atoms with Gasteiger partial charge in [0.2, 0.25) is 0 Å². The van der Waals surface area contributed by atoms with Crippen LogP contribution in [0.3, 0.4) is 0 Å². The van der Waals surface area contributed by atoms with Crippen molar-refractivity contribution in [1.29, 1.82) is 0 Å². The zero-order chi connectivity index (χ0) is 45.7. The Bertz CT molecular complexity index is 1750. The molecule has 2 unspecified atom stereocenters. The second kappa shape index (κ2) is 25.6. The predicted molar refractivity (Wildman–Crippen MR) is 224 cm³/mol. The van der Waals surface area contributed by atoms with Gasteiger partial charge in [-0.3, -0.25) is 29.0 Å². The molecule has 2 atom stereocenters. The van der Waals surface area contributed by atoms with Gasteiger partial charge in [0.25, 0.3) is 0 Å². The van der Waals surface area contributed by atoms with Crippen molar-refractivity contribution in [2.75, 3.05) is 92.0 Å². The first-order chi connectivity index (χ1) is 30.3. The van der Waals surface area contributed by atoms with Crippen LogP contribution in [0.1, 0.15) is 63.7 Å². The summed E-state index contributed by atoms with van der Waals surface area (Å²) in [6.07, 6.45) is -0.151. The summed E-state index contributed by atoms with van der Waals surface area (Å²) in [5.74, 6) is -2.50. The fourth-order valence-corrected chi connectivity index (χ4v) is 6.24. The number of likely N-dealkylation sites (N-methyl/N-ethyl adjacent to an activating group) is 2. The van der Waals surface area contributed by atoms with Gasteiger partial charge in [0.1, 0.15) is 11.5 Å². The van der Waals surface area contributed by atoms with E-state index in [0.29, 0.717) is 101 Å². The fourth-order valence-electron chi connectivity index (χ4n) is 6.24. The molecule has 2 aliphatic heterocycles. The highest BCUT2D eigenvalue weighted by atomic mass is 16.6. The quantitative estimate of drug-likeness (QED) is 0.0982. The molecule has 0 saturated carbocycles. The average molecular weight is 883 g/mol. The van der Waals surface area contributed by atoms with Gasteiger partial charge in [0.05, 0.1) is 38.5 Å². The Balaban J connectivity index is 0.941. The highest BCUT2D eigenvalue weighted by molar-refractivity contribution is 6.38. The number of nitrogens with one attached hydrogen (secondary N) is 4. The molecule has 0 radical (unpaired) electrons. The van der Waals surface area contributed by atoms with Crippen molar-refractivity contribution in [3.8, 4) is 11.5 Å². The molecule has 2 aromatic carbocycles. The fraction of sp³-hybridized carbons (Fsp3) is 0.524. The number of rotatable bonds is 22. The lowest BCUT2D eigenvalue weighted by Gasteiger charge is -2.32. The number of carbonyl (C=O) groups is 8. The molecule has 2 heterocycles. The first-order valence-corrected chi connectivity index (χ1v) is 21.0. The molecule has 4 rings (SSSR count). The predicted octanol–water partition coefficient (Wildman–Crippen LogP) is 2.32. The number of nitrogens with zero attached hydrogens (tertiary/aromatic N) is 4. The third kappa shape index (κ3) is 15.5. The SMILES string of the molecule is CCN1CCN(C(=O)NC(C)c2ccc(OC(=O)NCCCOCCOCCOCCCNC(=O)Oc3ccc(C(C)NC(=O)N4CCN(CC)C(=O)C4=O)cc3)cc2)C(=O)C1=O. The first-order valence-electron chi connectivity index (χ1n) is 21.0. The molecule has 21 nitrogen and oxygen atoms in total. The third-order valence-corrected chi connectivity index (χ3v) is 9.95. The van der Waals surface area contributed by atoms with Crippen LogP contribution in [0.15, 0.2) is 48.5 Å². The van der Waals surface area contributed by atoms with Crippen LogP contribution < -0.4 is 30.7 Å². The van der Waals surface area contributed by atoms with E-state index in [-0.39, 0.29) is 26.2 Å². The van der Waals surface area contributed by atoms with Crippen molar-refractivity contribution in [2.24, 2.45) is 0 Å². The smallest absolute Gasteiger partial charge is 0.410 e. The summed E-state index contributed by atoms with van der Waals surface area (Å²) >= 11 is 0. The lowest BCUT2D eigenvalue weighted by molar-refractivity contribution is -0.153. The van der Waals surface area contributed by atoms with Crippen LogP contribution in [0.2, 0.25) is 0 Å². The lowest BCUT2D eigenvalue weighted by atomic mass is 10.1. The van der Waals surface area contributed by atoms with Crippen molar-refractivity contribution in [1.82, 2.24) is 40.9 Å². The van der Waals surface area contributed by atoms with E-state index in [0.717, 1.165) is 9.80 Å². The molecule has 2 fully saturated rings. The number of carbonyl (C=O) groups excluding carboxylic acids is 8. The maximum absolute atomic E-state index is 12.6. The Morgan fingerprint density at radius 2 is 0.873 bits per heavy atom. The Kier molecular flexibility index (Phi) is 20.0. The number of hydrogen-bond acceptors (Lipinski definition) is 13. The summed E-state index contributed by atoms with van der Waals surface area (Å²) in [7, 11) is 0. The Hall–Kier alpha value is -6.32. The second-order valence-electron chi connectivity index (χ2n) is 14.3. The molecule has 10 amide bonds. The van der Waals surface area contributed by atoms with E-state index in [1.807, 2.05) is 0 Å². The van der Waals surface area contributed by atoms with Crippen LogP contribution >= 0.6 is 0 Å². The Morgan fingerprint density at radius 3 is 1.22 bits per heavy atom. The number of hydrogen-bond donors (Lipinski definition) is 4. The van der Waals surface area contributed by atoms with Crippen molar-refractivity contribution in [3.63, 3.8) is 0 Å². The molecule has 0 bridgehead atoms. The molecule has 2 aliphatic rings. The second-order valence-corrected chi connectivity index (χ2v) is 14.3. The standard InChI is InChI=1S/C42H58N8O13/c1-5-47-19-21-49(37(53)35(47)51)39(55)45-29(3)31-9-13-33(14-10-31)62-41(57)43-17-7-23-59-25-27-61-28-26-60-24-8-18-44-42(58)63-34-15-11-32(12-16-34)30(4)46-40(56)50-22-20-48(6-2)36(52)38(50)54/h9-16,29-30H,5-8,17-28H2,1-4H3,(H,43,57)(H,44,58)(H,45,55)(H,46,56). The van der Waals surface area contributed by atoms with Crippen LogP contribution in [-0.2, 0) is 33.4 Å². The number of imide groups is 2. The number of amides is 10. The van der Waals surface area contributed by atoms with Crippen molar-refractivity contribution in [3.05, 3.63) is 59.7 Å². The Morgan fingerprint density at radius 1 is 0.524 bits per heavy atom. The molecule has 0 aliphatic carbocycles. The molecular formula is C42H58N8O13. The van der Waals surface area contributed by atoms with Gasteiger partial charge in [-0.2, -0.15) is 0 Å². The van der Waals surface area contributed by atoms with Crippen molar-refractivity contribution < 1.29 is 62.0 Å². The van der Waals surface area contributed by atoms with E-state index in [1.54, 1.807) is 76.2 Å². The minimum atomic E-state index is -0.855. The van der Waals surface area contributed by atoms with Gasteiger partial charge in [-0.05, 0) is 75.9 Å². The summed E-state index contributed by atoms with van der Waals surface area (Å²) in [6.45, 7) is 11.6. The van der Waals surface area contributed by atoms with E-state index in [1.165, 1.54) is 9.80 Å². The van der Waals surface area contributed by atoms with Crippen LogP contribution in [0.25, 0.3) is 0 Å². The van der Waals surface area contributed by atoms with E-state index < -0.39 is 60.0 Å². The van der Waals surface area contributed by atoms with Gasteiger partial charge < -0.3 is 54.8 Å². The molecule has 21 heteroatoms. The minimum Gasteiger partial charge on any atom is -0.410 e. The lowest BCUT2D eigenvalue weighted by Crippen LogP contribution is -2.58. The van der Waals surface area contributed by atoms with E-state index in [2.05, 4.69) is 21.3 Å². The van der Waals surface area contributed by atoms with Gasteiger partial charge in [0.15, 0.2) is 0 Å². The number of piperazine rings is 2. The van der Waals surface area contributed by atoms with Crippen molar-refractivity contribution >= 4 is 47.9 Å². The molecule has 63 heavy (non-hydrogen) atoms. The van der Waals surface area contributed by atoms with Gasteiger partial charge >= 0.3 is 47.9 Å². The normalized spacial score (nSPS) is 15.2. The monoisotopic (exact) mass is 882 g/mol. The highest BCUT2D eigenvalue weighted by Crippen LogP contribution is 2.20. The molecular weight excluding hydrogens is 825 g/mol. The topological polar surface area (TPSA) is 244 Å². The van der Waals surface area contributed by atoms with Crippen LogP contribution in [-0.4, -0.2) is 159 Å². The van der Waals surface area contributed by atoms with Gasteiger partial charge in [0, 0.05) is 65.6 Å². The minimum absolute atomic E-state index is 0.120. The average Bonchev–Trinajstić information content (AvgIpc) is 3.27. The Labute approximate surface area is 366 Å². The maximum Gasteiger partial charge on any atom is 0.412 e. The van der Waals surface area contributed by atoms with Crippen LogP contribution in [0, 0.1) is 0 Å². The van der Waals surface area contributed by atoms with Gasteiger partial charge in [-0.25, -0.2) is 19.2 Å². The molecule has 4 N–H and O–H groups in total. The zero-order valence-electron chi connectivity index (χ0n) is 36.2. The third-order valence-electron chi connectivity index (χ3n) is 9.95. The molecule has 344 valence electrons. The van der Waals surface area contributed by atoms with Gasteiger partial charge in [-0.1, -0.05) is 24.3 Å². The van der Waals surface area contributed by atoms with Gasteiger partial charge in [-0.15, -0.1) is 0 Å².